The Hall–Kier alpha value is -1.96. The molecule has 18 heavy (non-hydrogen) atoms. The van der Waals surface area contributed by atoms with Gasteiger partial charge in [0.25, 0.3) is 0 Å². The lowest BCUT2D eigenvalue weighted by molar-refractivity contribution is -0.384. The first-order valence-electron chi connectivity index (χ1n) is 5.55. The minimum atomic E-state index is -0.989. The molecule has 0 aliphatic rings. The van der Waals surface area contributed by atoms with Gasteiger partial charge >= 0.3 is 5.69 Å². The first kappa shape index (κ1) is 14.1. The summed E-state index contributed by atoms with van der Waals surface area (Å²) >= 11 is 0. The van der Waals surface area contributed by atoms with Crippen LogP contribution in [0.2, 0.25) is 0 Å². The van der Waals surface area contributed by atoms with Gasteiger partial charge in [-0.2, -0.15) is 4.98 Å². The highest BCUT2D eigenvalue weighted by Gasteiger charge is 2.20. The van der Waals surface area contributed by atoms with Gasteiger partial charge in [-0.05, 0) is 20.8 Å². The van der Waals surface area contributed by atoms with Crippen LogP contribution in [-0.4, -0.2) is 38.7 Å². The zero-order valence-electron chi connectivity index (χ0n) is 10.6. The van der Waals surface area contributed by atoms with E-state index in [0.29, 0.717) is 12.5 Å². The lowest BCUT2D eigenvalue weighted by Crippen LogP contribution is -2.30. The smallest absolute Gasteiger partial charge is 0.329 e. The van der Waals surface area contributed by atoms with Crippen LogP contribution in [-0.2, 0) is 0 Å². The van der Waals surface area contributed by atoms with Gasteiger partial charge < -0.3 is 15.7 Å². The minimum absolute atomic E-state index is 0.0908. The van der Waals surface area contributed by atoms with E-state index >= 15 is 0 Å². The number of aromatic nitrogens is 2. The van der Waals surface area contributed by atoms with Crippen LogP contribution in [0, 0.1) is 10.1 Å². The van der Waals surface area contributed by atoms with Crippen molar-refractivity contribution in [2.45, 2.75) is 26.4 Å². The molecule has 0 radical (unpaired) electrons. The molecule has 1 aromatic rings. The summed E-state index contributed by atoms with van der Waals surface area (Å²) in [4.78, 5) is 18.1. The van der Waals surface area contributed by atoms with E-state index < -0.39 is 10.5 Å². The molecule has 0 saturated carbocycles. The molecule has 0 aromatic carbocycles. The van der Waals surface area contributed by atoms with Gasteiger partial charge in [0.1, 0.15) is 6.20 Å². The minimum Gasteiger partial charge on any atom is -0.389 e. The van der Waals surface area contributed by atoms with Crippen LogP contribution in [0.3, 0.4) is 0 Å². The van der Waals surface area contributed by atoms with E-state index in [-0.39, 0.29) is 18.1 Å². The maximum atomic E-state index is 10.8. The van der Waals surface area contributed by atoms with Crippen LogP contribution in [0.4, 0.5) is 17.5 Å². The maximum Gasteiger partial charge on any atom is 0.329 e. The summed E-state index contributed by atoms with van der Waals surface area (Å²) in [6, 6.07) is 0. The van der Waals surface area contributed by atoms with Crippen molar-refractivity contribution in [2.24, 2.45) is 0 Å². The SMILES string of the molecule is CCNc1ncc([N+](=O)[O-])c(NCC(C)(C)O)n1. The van der Waals surface area contributed by atoms with Crippen molar-refractivity contribution in [2.75, 3.05) is 23.7 Å². The van der Waals surface area contributed by atoms with Crippen molar-refractivity contribution in [1.29, 1.82) is 0 Å². The van der Waals surface area contributed by atoms with Gasteiger partial charge in [0.15, 0.2) is 0 Å². The monoisotopic (exact) mass is 255 g/mol. The molecule has 0 spiro atoms. The third-order valence-electron chi connectivity index (χ3n) is 1.99. The Morgan fingerprint density at radius 1 is 1.50 bits per heavy atom. The van der Waals surface area contributed by atoms with Crippen molar-refractivity contribution in [3.8, 4) is 0 Å². The van der Waals surface area contributed by atoms with E-state index in [1.165, 1.54) is 0 Å². The fourth-order valence-corrected chi connectivity index (χ4v) is 1.18. The largest absolute Gasteiger partial charge is 0.389 e. The van der Waals surface area contributed by atoms with Crippen molar-refractivity contribution in [3.05, 3.63) is 16.3 Å². The van der Waals surface area contributed by atoms with Gasteiger partial charge in [0, 0.05) is 13.1 Å². The van der Waals surface area contributed by atoms with E-state index in [0.717, 1.165) is 6.20 Å². The fourth-order valence-electron chi connectivity index (χ4n) is 1.18. The van der Waals surface area contributed by atoms with E-state index in [2.05, 4.69) is 20.6 Å². The second-order valence-corrected chi connectivity index (χ2v) is 4.38. The number of aliphatic hydroxyl groups is 1. The van der Waals surface area contributed by atoms with Crippen LogP contribution >= 0.6 is 0 Å². The highest BCUT2D eigenvalue weighted by molar-refractivity contribution is 5.57. The number of nitro groups is 1. The Morgan fingerprint density at radius 3 is 2.67 bits per heavy atom. The predicted molar refractivity (Wildman–Crippen MR) is 67.6 cm³/mol. The standard InChI is InChI=1S/C10H17N5O3/c1-4-11-9-12-5-7(15(17)18)8(14-9)13-6-10(2,3)16/h5,16H,4,6H2,1-3H3,(H2,11,12,13,14). The Morgan fingerprint density at radius 2 is 2.17 bits per heavy atom. The highest BCUT2D eigenvalue weighted by atomic mass is 16.6. The normalized spacial score (nSPS) is 11.1. The molecule has 0 fully saturated rings. The summed E-state index contributed by atoms with van der Waals surface area (Å²) in [6.45, 7) is 5.82. The number of anilines is 2. The van der Waals surface area contributed by atoms with Crippen molar-refractivity contribution < 1.29 is 10.0 Å². The van der Waals surface area contributed by atoms with Crippen LogP contribution in [0.15, 0.2) is 6.20 Å². The predicted octanol–water partition coefficient (Wildman–Crippen LogP) is 0.999. The summed E-state index contributed by atoms with van der Waals surface area (Å²) in [5, 5.41) is 26.0. The van der Waals surface area contributed by atoms with E-state index in [1.54, 1.807) is 13.8 Å². The second-order valence-electron chi connectivity index (χ2n) is 4.38. The molecule has 8 heteroatoms. The van der Waals surface area contributed by atoms with Gasteiger partial charge in [0.2, 0.25) is 11.8 Å². The molecule has 0 aliphatic carbocycles. The highest BCUT2D eigenvalue weighted by Crippen LogP contribution is 2.22. The average molecular weight is 255 g/mol. The van der Waals surface area contributed by atoms with Crippen molar-refractivity contribution in [1.82, 2.24) is 9.97 Å². The van der Waals surface area contributed by atoms with E-state index in [9.17, 15) is 15.2 Å². The van der Waals surface area contributed by atoms with Crippen molar-refractivity contribution in [3.63, 3.8) is 0 Å². The third kappa shape index (κ3) is 4.13. The van der Waals surface area contributed by atoms with Gasteiger partial charge in [-0.15, -0.1) is 0 Å². The summed E-state index contributed by atoms with van der Waals surface area (Å²) in [5.41, 5.74) is -1.21. The van der Waals surface area contributed by atoms with Crippen molar-refractivity contribution >= 4 is 17.5 Å². The van der Waals surface area contributed by atoms with Crippen LogP contribution in [0.5, 0.6) is 0 Å². The van der Waals surface area contributed by atoms with E-state index in [1.807, 2.05) is 6.92 Å². The van der Waals surface area contributed by atoms with Crippen LogP contribution in [0.1, 0.15) is 20.8 Å². The summed E-state index contributed by atoms with van der Waals surface area (Å²) in [5.74, 6) is 0.398. The number of nitrogens with one attached hydrogen (secondary N) is 2. The summed E-state index contributed by atoms with van der Waals surface area (Å²) in [6.07, 6.45) is 1.14. The number of nitrogens with zero attached hydrogens (tertiary/aromatic N) is 3. The molecule has 1 heterocycles. The Balaban J connectivity index is 2.96. The van der Waals surface area contributed by atoms with Gasteiger partial charge in [-0.3, -0.25) is 10.1 Å². The molecule has 3 N–H and O–H groups in total. The Kier molecular flexibility index (Phi) is 4.38. The van der Waals surface area contributed by atoms with Gasteiger partial charge in [-0.25, -0.2) is 4.98 Å². The summed E-state index contributed by atoms with van der Waals surface area (Å²) < 4.78 is 0. The van der Waals surface area contributed by atoms with Crippen LogP contribution in [0.25, 0.3) is 0 Å². The number of rotatable bonds is 6. The zero-order chi connectivity index (χ0) is 13.8. The number of hydrogen-bond donors (Lipinski definition) is 3. The first-order chi connectivity index (χ1) is 8.33. The zero-order valence-corrected chi connectivity index (χ0v) is 10.6. The third-order valence-corrected chi connectivity index (χ3v) is 1.99. The Labute approximate surface area is 105 Å². The lowest BCUT2D eigenvalue weighted by atomic mass is 10.1. The molecule has 0 unspecified atom stereocenters. The molecule has 0 bridgehead atoms. The average Bonchev–Trinajstić information content (AvgIpc) is 2.25. The molecular weight excluding hydrogens is 238 g/mol. The first-order valence-corrected chi connectivity index (χ1v) is 5.55. The molecule has 0 atom stereocenters. The Bertz CT molecular complexity index is 430. The lowest BCUT2D eigenvalue weighted by Gasteiger charge is -2.18. The maximum absolute atomic E-state index is 10.8. The quantitative estimate of drug-likeness (QED) is 0.513. The molecule has 0 amide bonds. The topological polar surface area (TPSA) is 113 Å². The van der Waals surface area contributed by atoms with Gasteiger partial charge in [-0.1, -0.05) is 0 Å². The number of hydrogen-bond acceptors (Lipinski definition) is 7. The molecular formula is C10H17N5O3. The summed E-state index contributed by atoms with van der Waals surface area (Å²) in [7, 11) is 0. The molecule has 100 valence electrons. The molecule has 0 aliphatic heterocycles. The second kappa shape index (κ2) is 5.58. The van der Waals surface area contributed by atoms with Gasteiger partial charge in [0.05, 0.1) is 10.5 Å². The fraction of sp³-hybridized carbons (Fsp3) is 0.600. The molecule has 1 aromatic heterocycles. The molecule has 1 rings (SSSR count). The van der Waals surface area contributed by atoms with E-state index in [4.69, 9.17) is 0 Å². The molecule has 8 nitrogen and oxygen atoms in total. The molecule has 0 saturated heterocycles. The van der Waals surface area contributed by atoms with Crippen LogP contribution < -0.4 is 10.6 Å².